The number of urea groups is 1. The fraction of sp³-hybridized carbons (Fsp3) is 0.933. The summed E-state index contributed by atoms with van der Waals surface area (Å²) in [6.45, 7) is 9.08. The van der Waals surface area contributed by atoms with E-state index in [0.29, 0.717) is 19.6 Å². The summed E-state index contributed by atoms with van der Waals surface area (Å²) in [5.74, 6) is 0. The summed E-state index contributed by atoms with van der Waals surface area (Å²) in [6, 6.07) is -0.143. The molecule has 2 rings (SSSR count). The molecule has 2 fully saturated rings. The van der Waals surface area contributed by atoms with Crippen molar-refractivity contribution in [2.75, 3.05) is 59.5 Å². The Morgan fingerprint density at radius 2 is 2.04 bits per heavy atom. The van der Waals surface area contributed by atoms with Crippen LogP contribution in [-0.4, -0.2) is 98.3 Å². The molecule has 23 heavy (non-hydrogen) atoms. The number of ether oxygens (including phenoxy) is 1. The number of carbonyl (C=O) groups excluding carboxylic acids is 1. The average molecular weight is 334 g/mol. The summed E-state index contributed by atoms with van der Waals surface area (Å²) in [4.78, 5) is 18.2. The molecular weight excluding hydrogens is 306 g/mol. The lowest BCUT2D eigenvalue weighted by atomic mass is 10.00. The minimum atomic E-state index is -2.45. The van der Waals surface area contributed by atoms with Crippen molar-refractivity contribution in [1.82, 2.24) is 20.0 Å². The van der Waals surface area contributed by atoms with Crippen molar-refractivity contribution in [1.29, 1.82) is 0 Å². The molecule has 134 valence electrons. The summed E-state index contributed by atoms with van der Waals surface area (Å²) in [5.41, 5.74) is 0.148. The Morgan fingerprint density at radius 1 is 1.35 bits per heavy atom. The van der Waals surface area contributed by atoms with Crippen molar-refractivity contribution in [3.8, 4) is 0 Å². The van der Waals surface area contributed by atoms with Crippen LogP contribution >= 0.6 is 0 Å². The predicted octanol–water partition coefficient (Wildman–Crippen LogP) is 0.688. The second-order valence-corrected chi connectivity index (χ2v) is 6.99. The van der Waals surface area contributed by atoms with E-state index in [-0.39, 0.29) is 17.7 Å². The Morgan fingerprint density at radius 3 is 2.65 bits per heavy atom. The lowest BCUT2D eigenvalue weighted by molar-refractivity contribution is -0.0745. The fourth-order valence-corrected chi connectivity index (χ4v) is 2.88. The zero-order valence-electron chi connectivity index (χ0n) is 14.2. The number of likely N-dealkylation sites (tertiary alicyclic amines) is 1. The van der Waals surface area contributed by atoms with E-state index >= 15 is 0 Å². The number of amides is 2. The van der Waals surface area contributed by atoms with Crippen molar-refractivity contribution in [3.63, 3.8) is 0 Å². The van der Waals surface area contributed by atoms with E-state index < -0.39 is 13.0 Å². The van der Waals surface area contributed by atoms with Crippen LogP contribution in [-0.2, 0) is 4.74 Å². The molecule has 1 N–H and O–H groups in total. The highest BCUT2D eigenvalue weighted by Crippen LogP contribution is 2.18. The molecule has 0 radical (unpaired) electrons. The van der Waals surface area contributed by atoms with Gasteiger partial charge in [-0.1, -0.05) is 0 Å². The number of piperazine rings is 1. The largest absolute Gasteiger partial charge is 0.369 e. The van der Waals surface area contributed by atoms with Crippen LogP contribution < -0.4 is 5.32 Å². The zero-order valence-corrected chi connectivity index (χ0v) is 14.2. The van der Waals surface area contributed by atoms with Crippen molar-refractivity contribution in [2.45, 2.75) is 31.9 Å². The van der Waals surface area contributed by atoms with Gasteiger partial charge in [0, 0.05) is 38.3 Å². The highest BCUT2D eigenvalue weighted by Gasteiger charge is 2.33. The summed E-state index contributed by atoms with van der Waals surface area (Å²) >= 11 is 0. The van der Waals surface area contributed by atoms with Gasteiger partial charge in [0.2, 0.25) is 0 Å². The first-order valence-electron chi connectivity index (χ1n) is 8.14. The first kappa shape index (κ1) is 18.4. The van der Waals surface area contributed by atoms with Crippen molar-refractivity contribution in [2.24, 2.45) is 0 Å². The van der Waals surface area contributed by atoms with E-state index in [0.717, 1.165) is 26.2 Å². The summed E-state index contributed by atoms with van der Waals surface area (Å²) in [5, 5.41) is 2.88. The molecule has 6 nitrogen and oxygen atoms in total. The number of halogens is 2. The Labute approximate surface area is 136 Å². The molecule has 0 aromatic heterocycles. The van der Waals surface area contributed by atoms with Crippen LogP contribution in [0.1, 0.15) is 13.8 Å². The number of rotatable bonds is 6. The third-order valence-electron chi connectivity index (χ3n) is 4.69. The van der Waals surface area contributed by atoms with Gasteiger partial charge in [0.15, 0.2) is 0 Å². The number of nitrogens with one attached hydrogen (secondary N) is 1. The Balaban J connectivity index is 1.58. The number of alkyl halides is 2. The number of hydrogen-bond donors (Lipinski definition) is 1. The average Bonchev–Trinajstić information content (AvgIpc) is 2.40. The Bertz CT molecular complexity index is 403. The summed E-state index contributed by atoms with van der Waals surface area (Å²) in [7, 11) is 2.13. The lowest BCUT2D eigenvalue weighted by Crippen LogP contribution is -2.60. The number of nitrogens with zero attached hydrogens (tertiary/aromatic N) is 3. The van der Waals surface area contributed by atoms with Crippen molar-refractivity contribution >= 4 is 6.03 Å². The van der Waals surface area contributed by atoms with Gasteiger partial charge in [-0.15, -0.1) is 0 Å². The van der Waals surface area contributed by atoms with Crippen LogP contribution in [0.25, 0.3) is 0 Å². The summed E-state index contributed by atoms with van der Waals surface area (Å²) in [6.07, 6.45) is -2.71. The van der Waals surface area contributed by atoms with Crippen LogP contribution in [0.15, 0.2) is 0 Å². The van der Waals surface area contributed by atoms with E-state index in [2.05, 4.69) is 36.0 Å². The molecule has 2 heterocycles. The molecule has 2 saturated heterocycles. The molecule has 8 heteroatoms. The minimum Gasteiger partial charge on any atom is -0.369 e. The second kappa shape index (κ2) is 7.72. The predicted molar refractivity (Wildman–Crippen MR) is 83.9 cm³/mol. The molecule has 0 unspecified atom stereocenters. The molecule has 2 amide bonds. The smallest absolute Gasteiger partial charge is 0.317 e. The summed E-state index contributed by atoms with van der Waals surface area (Å²) < 4.78 is 29.0. The standard InChI is InChI=1S/C15H28F2N4O2/c1-15(2)11-20(7-6-19(15)3)5-4-18-14(22)21-8-12(9-21)23-10-13(16)17/h12-13H,4-11H2,1-3H3,(H,18,22). The van der Waals surface area contributed by atoms with Crippen molar-refractivity contribution in [3.05, 3.63) is 0 Å². The van der Waals surface area contributed by atoms with Gasteiger partial charge in [0.25, 0.3) is 6.43 Å². The molecule has 0 aromatic carbocycles. The fourth-order valence-electron chi connectivity index (χ4n) is 2.88. The van der Waals surface area contributed by atoms with E-state index in [9.17, 15) is 13.6 Å². The molecule has 0 atom stereocenters. The first-order chi connectivity index (χ1) is 10.8. The topological polar surface area (TPSA) is 48.0 Å². The van der Waals surface area contributed by atoms with Gasteiger partial charge >= 0.3 is 6.03 Å². The first-order valence-corrected chi connectivity index (χ1v) is 8.14. The van der Waals surface area contributed by atoms with Gasteiger partial charge in [-0.3, -0.25) is 9.80 Å². The van der Waals surface area contributed by atoms with Crippen LogP contribution in [0.5, 0.6) is 0 Å². The van der Waals surface area contributed by atoms with Gasteiger partial charge < -0.3 is 15.0 Å². The van der Waals surface area contributed by atoms with Crippen molar-refractivity contribution < 1.29 is 18.3 Å². The van der Waals surface area contributed by atoms with Crippen LogP contribution in [0.4, 0.5) is 13.6 Å². The van der Waals surface area contributed by atoms with Crippen LogP contribution in [0.2, 0.25) is 0 Å². The van der Waals surface area contributed by atoms with Gasteiger partial charge in [-0.2, -0.15) is 0 Å². The maximum Gasteiger partial charge on any atom is 0.317 e. The number of carbonyl (C=O) groups is 1. The van der Waals surface area contributed by atoms with Crippen LogP contribution in [0, 0.1) is 0 Å². The Kier molecular flexibility index (Phi) is 6.16. The lowest BCUT2D eigenvalue weighted by Gasteiger charge is -2.45. The minimum absolute atomic E-state index is 0.143. The zero-order chi connectivity index (χ0) is 17.0. The normalized spacial score (nSPS) is 23.1. The molecule has 0 aliphatic carbocycles. The number of hydrogen-bond acceptors (Lipinski definition) is 4. The highest BCUT2D eigenvalue weighted by atomic mass is 19.3. The Hall–Kier alpha value is -0.990. The maximum absolute atomic E-state index is 12.0. The number of likely N-dealkylation sites (N-methyl/N-ethyl adjacent to an activating group) is 1. The molecule has 0 bridgehead atoms. The van der Waals surface area contributed by atoms with Gasteiger partial charge in [0.1, 0.15) is 6.61 Å². The van der Waals surface area contributed by atoms with Gasteiger partial charge in [-0.05, 0) is 20.9 Å². The SMILES string of the molecule is CN1CCN(CCNC(=O)N2CC(OCC(F)F)C2)CC1(C)C. The van der Waals surface area contributed by atoms with E-state index in [1.54, 1.807) is 4.90 Å². The molecular formula is C15H28F2N4O2. The van der Waals surface area contributed by atoms with E-state index in [1.165, 1.54) is 0 Å². The maximum atomic E-state index is 12.0. The van der Waals surface area contributed by atoms with E-state index in [1.807, 2.05) is 0 Å². The second-order valence-electron chi connectivity index (χ2n) is 6.99. The molecule has 0 aromatic rings. The van der Waals surface area contributed by atoms with Crippen LogP contribution in [0.3, 0.4) is 0 Å². The third kappa shape index (κ3) is 5.26. The van der Waals surface area contributed by atoms with Gasteiger partial charge in [-0.25, -0.2) is 13.6 Å². The van der Waals surface area contributed by atoms with Gasteiger partial charge in [0.05, 0.1) is 19.2 Å². The quantitative estimate of drug-likeness (QED) is 0.776. The van der Waals surface area contributed by atoms with E-state index in [4.69, 9.17) is 4.74 Å². The molecule has 0 spiro atoms. The molecule has 0 saturated carbocycles. The monoisotopic (exact) mass is 334 g/mol. The molecule has 2 aliphatic heterocycles. The molecule has 2 aliphatic rings. The highest BCUT2D eigenvalue weighted by molar-refractivity contribution is 5.75. The third-order valence-corrected chi connectivity index (χ3v) is 4.69.